The van der Waals surface area contributed by atoms with Crippen molar-refractivity contribution in [1.29, 1.82) is 0 Å². The number of likely N-dealkylation sites (tertiary alicyclic amines) is 1. The smallest absolute Gasteiger partial charge is 0.191 e. The molecule has 0 aromatic rings. The zero-order valence-electron chi connectivity index (χ0n) is 13.8. The maximum absolute atomic E-state index is 4.72. The van der Waals surface area contributed by atoms with Gasteiger partial charge in [0.25, 0.3) is 0 Å². The van der Waals surface area contributed by atoms with E-state index in [4.69, 9.17) is 4.99 Å². The number of aliphatic imine (C=N–C) groups is 1. The van der Waals surface area contributed by atoms with Gasteiger partial charge in [0, 0.05) is 17.8 Å². The number of nitrogens with zero attached hydrogens (tertiary/aromatic N) is 2. The molecule has 0 radical (unpaired) electrons. The third kappa shape index (κ3) is 6.84. The Labute approximate surface area is 129 Å². The fourth-order valence-electron chi connectivity index (χ4n) is 2.18. The minimum atomic E-state index is 0.204. The minimum absolute atomic E-state index is 0.204. The molecule has 0 unspecified atom stereocenters. The van der Waals surface area contributed by atoms with Crippen molar-refractivity contribution >= 4 is 17.7 Å². The first kappa shape index (κ1) is 17.6. The van der Waals surface area contributed by atoms with Gasteiger partial charge >= 0.3 is 0 Å². The van der Waals surface area contributed by atoms with Gasteiger partial charge in [-0.05, 0) is 65.9 Å². The van der Waals surface area contributed by atoms with Crippen LogP contribution in [0.5, 0.6) is 0 Å². The van der Waals surface area contributed by atoms with Crippen molar-refractivity contribution in [3.63, 3.8) is 0 Å². The van der Waals surface area contributed by atoms with E-state index >= 15 is 0 Å². The first-order valence-electron chi connectivity index (χ1n) is 7.72. The third-order valence-electron chi connectivity index (χ3n) is 3.91. The van der Waals surface area contributed by atoms with Crippen LogP contribution in [0.15, 0.2) is 4.99 Å². The molecule has 0 aromatic heterocycles. The SMILES string of the molecule is CCNC(=NCC(C)(C)SC)NCC1CCN(C)CC1. The number of thioether (sulfide) groups is 1. The van der Waals surface area contributed by atoms with E-state index in [1.54, 1.807) is 0 Å². The molecule has 0 atom stereocenters. The Hall–Kier alpha value is -0.420. The highest BCUT2D eigenvalue weighted by Gasteiger charge is 2.18. The lowest BCUT2D eigenvalue weighted by molar-refractivity contribution is 0.220. The summed E-state index contributed by atoms with van der Waals surface area (Å²) in [5, 5.41) is 6.86. The van der Waals surface area contributed by atoms with Crippen molar-refractivity contribution in [2.24, 2.45) is 10.9 Å². The highest BCUT2D eigenvalue weighted by molar-refractivity contribution is 7.99. The maximum atomic E-state index is 4.72. The van der Waals surface area contributed by atoms with Crippen LogP contribution in [0.25, 0.3) is 0 Å². The van der Waals surface area contributed by atoms with Crippen LogP contribution in [0.3, 0.4) is 0 Å². The van der Waals surface area contributed by atoms with Crippen molar-refractivity contribution in [1.82, 2.24) is 15.5 Å². The predicted octanol–water partition coefficient (Wildman–Crippen LogP) is 2.02. The molecule has 1 heterocycles. The number of hydrogen-bond donors (Lipinski definition) is 2. The molecule has 1 saturated heterocycles. The Morgan fingerprint density at radius 1 is 1.30 bits per heavy atom. The summed E-state index contributed by atoms with van der Waals surface area (Å²) in [5.74, 6) is 1.75. The van der Waals surface area contributed by atoms with E-state index in [-0.39, 0.29) is 4.75 Å². The molecule has 1 aliphatic rings. The highest BCUT2D eigenvalue weighted by Crippen LogP contribution is 2.21. The molecule has 1 fully saturated rings. The summed E-state index contributed by atoms with van der Waals surface area (Å²) in [6, 6.07) is 0. The maximum Gasteiger partial charge on any atom is 0.191 e. The number of piperidine rings is 1. The quantitative estimate of drug-likeness (QED) is 0.581. The van der Waals surface area contributed by atoms with E-state index in [1.165, 1.54) is 25.9 Å². The number of nitrogens with one attached hydrogen (secondary N) is 2. The van der Waals surface area contributed by atoms with Gasteiger partial charge in [0.15, 0.2) is 5.96 Å². The van der Waals surface area contributed by atoms with Gasteiger partial charge < -0.3 is 15.5 Å². The van der Waals surface area contributed by atoms with Gasteiger partial charge in [0.05, 0.1) is 6.54 Å². The summed E-state index contributed by atoms with van der Waals surface area (Å²) in [7, 11) is 2.21. The Morgan fingerprint density at radius 2 is 1.95 bits per heavy atom. The molecule has 0 amide bonds. The summed E-state index contributed by atoms with van der Waals surface area (Å²) in [6.07, 6.45) is 4.73. The average Bonchev–Trinajstić information content (AvgIpc) is 2.44. The number of hydrogen-bond acceptors (Lipinski definition) is 3. The number of rotatable bonds is 6. The second-order valence-electron chi connectivity index (χ2n) is 6.29. The minimum Gasteiger partial charge on any atom is -0.357 e. The van der Waals surface area contributed by atoms with Crippen molar-refractivity contribution < 1.29 is 0 Å². The van der Waals surface area contributed by atoms with Gasteiger partial charge in [-0.3, -0.25) is 4.99 Å². The van der Waals surface area contributed by atoms with Gasteiger partial charge in [-0.2, -0.15) is 11.8 Å². The summed E-state index contributed by atoms with van der Waals surface area (Å²) in [6.45, 7) is 11.8. The molecule has 2 N–H and O–H groups in total. The molecule has 118 valence electrons. The topological polar surface area (TPSA) is 39.7 Å². The van der Waals surface area contributed by atoms with Gasteiger partial charge in [0.2, 0.25) is 0 Å². The first-order chi connectivity index (χ1) is 9.46. The van der Waals surface area contributed by atoms with Crippen LogP contribution >= 0.6 is 11.8 Å². The van der Waals surface area contributed by atoms with Crippen molar-refractivity contribution in [3.8, 4) is 0 Å². The number of guanidine groups is 1. The zero-order valence-corrected chi connectivity index (χ0v) is 14.6. The lowest BCUT2D eigenvalue weighted by Gasteiger charge is -2.29. The largest absolute Gasteiger partial charge is 0.357 e. The van der Waals surface area contributed by atoms with Crippen LogP contribution in [0, 0.1) is 5.92 Å². The third-order valence-corrected chi connectivity index (χ3v) is 5.15. The molecule has 0 aromatic carbocycles. The van der Waals surface area contributed by atoms with Crippen LogP contribution < -0.4 is 10.6 Å². The second kappa shape index (κ2) is 8.78. The van der Waals surface area contributed by atoms with E-state index < -0.39 is 0 Å². The Balaban J connectivity index is 2.40. The Morgan fingerprint density at radius 3 is 2.50 bits per heavy atom. The lowest BCUT2D eigenvalue weighted by Crippen LogP contribution is -2.42. The first-order valence-corrected chi connectivity index (χ1v) is 8.95. The molecule has 20 heavy (non-hydrogen) atoms. The van der Waals surface area contributed by atoms with E-state index in [1.807, 2.05) is 11.8 Å². The molecule has 1 rings (SSSR count). The van der Waals surface area contributed by atoms with Crippen LogP contribution in [0.4, 0.5) is 0 Å². The summed E-state index contributed by atoms with van der Waals surface area (Å²) >= 11 is 1.87. The van der Waals surface area contributed by atoms with Crippen molar-refractivity contribution in [3.05, 3.63) is 0 Å². The van der Waals surface area contributed by atoms with Gasteiger partial charge in [-0.1, -0.05) is 0 Å². The molecule has 1 aliphatic heterocycles. The molecule has 0 bridgehead atoms. The fourth-order valence-corrected chi connectivity index (χ4v) is 2.38. The molecule has 0 saturated carbocycles. The van der Waals surface area contributed by atoms with Gasteiger partial charge in [-0.25, -0.2) is 0 Å². The van der Waals surface area contributed by atoms with E-state index in [9.17, 15) is 0 Å². The van der Waals surface area contributed by atoms with E-state index in [2.05, 4.69) is 49.6 Å². The fraction of sp³-hybridized carbons (Fsp3) is 0.933. The van der Waals surface area contributed by atoms with Crippen LogP contribution in [0.1, 0.15) is 33.6 Å². The van der Waals surface area contributed by atoms with Crippen molar-refractivity contribution in [2.45, 2.75) is 38.4 Å². The normalized spacial score (nSPS) is 19.1. The second-order valence-corrected chi connectivity index (χ2v) is 7.80. The van der Waals surface area contributed by atoms with Crippen LogP contribution in [0.2, 0.25) is 0 Å². The van der Waals surface area contributed by atoms with E-state index in [0.717, 1.165) is 31.5 Å². The predicted molar refractivity (Wildman–Crippen MR) is 91.8 cm³/mol. The molecule has 0 aliphatic carbocycles. The molecule has 0 spiro atoms. The average molecular weight is 301 g/mol. The summed E-state index contributed by atoms with van der Waals surface area (Å²) < 4.78 is 0.204. The summed E-state index contributed by atoms with van der Waals surface area (Å²) in [4.78, 5) is 7.13. The van der Waals surface area contributed by atoms with Crippen LogP contribution in [-0.2, 0) is 0 Å². The monoisotopic (exact) mass is 300 g/mol. The van der Waals surface area contributed by atoms with Crippen molar-refractivity contribution in [2.75, 3.05) is 46.0 Å². The molecular weight excluding hydrogens is 268 g/mol. The summed E-state index contributed by atoms with van der Waals surface area (Å²) in [5.41, 5.74) is 0. The molecule has 4 nitrogen and oxygen atoms in total. The van der Waals surface area contributed by atoms with E-state index in [0.29, 0.717) is 0 Å². The van der Waals surface area contributed by atoms with Gasteiger partial charge in [0.1, 0.15) is 0 Å². The molecular formula is C15H32N4S. The highest BCUT2D eigenvalue weighted by atomic mass is 32.2. The van der Waals surface area contributed by atoms with Crippen LogP contribution in [-0.4, -0.2) is 61.6 Å². The molecule has 5 heteroatoms. The lowest BCUT2D eigenvalue weighted by atomic mass is 9.97. The van der Waals surface area contributed by atoms with Gasteiger partial charge in [-0.15, -0.1) is 0 Å². The Kier molecular flexibility index (Phi) is 7.74. The zero-order chi connectivity index (χ0) is 15.0. The Bertz CT molecular complexity index is 296. The standard InChI is InChI=1S/C15H32N4S/c1-6-16-14(18-12-15(2,3)20-5)17-11-13-7-9-19(4)10-8-13/h13H,6-12H2,1-5H3,(H2,16,17,18).